The maximum absolute atomic E-state index is 5.83. The molecule has 1 N–H and O–H groups in total. The fourth-order valence-electron chi connectivity index (χ4n) is 2.33. The van der Waals surface area contributed by atoms with Crippen molar-refractivity contribution in [3.05, 3.63) is 29.1 Å². The van der Waals surface area contributed by atoms with E-state index in [4.69, 9.17) is 11.6 Å². The Hall–Kier alpha value is -1.02. The second kappa shape index (κ2) is 5.54. The van der Waals surface area contributed by atoms with E-state index in [0.717, 1.165) is 30.6 Å². The number of halogens is 1. The number of nitrogens with zero attached hydrogens (tertiary/aromatic N) is 1. The number of aromatic amines is 1. The molecule has 17 heavy (non-hydrogen) atoms. The minimum Gasteiger partial charge on any atom is -0.341 e. The van der Waals surface area contributed by atoms with Gasteiger partial charge < -0.3 is 4.98 Å². The number of imidazole rings is 1. The Labute approximate surface area is 107 Å². The van der Waals surface area contributed by atoms with Gasteiger partial charge >= 0.3 is 0 Å². The van der Waals surface area contributed by atoms with Crippen molar-refractivity contribution in [2.45, 2.75) is 45.4 Å². The van der Waals surface area contributed by atoms with Crippen LogP contribution in [0, 0.1) is 0 Å². The van der Waals surface area contributed by atoms with Crippen molar-refractivity contribution in [3.8, 4) is 0 Å². The summed E-state index contributed by atoms with van der Waals surface area (Å²) < 4.78 is 0. The van der Waals surface area contributed by atoms with Crippen LogP contribution in [-0.4, -0.2) is 9.97 Å². The monoisotopic (exact) mass is 250 g/mol. The van der Waals surface area contributed by atoms with E-state index < -0.39 is 0 Å². The molecule has 0 bridgehead atoms. The topological polar surface area (TPSA) is 28.7 Å². The standard InChI is InChI=1S/C14H19ClN2/c1-3-5-10-7-8-12-14(11(10)6-4-2)17-13(9-15)16-12/h7-8H,3-6,9H2,1-2H3,(H,16,17). The highest BCUT2D eigenvalue weighted by Crippen LogP contribution is 2.24. The van der Waals surface area contributed by atoms with E-state index in [1.54, 1.807) is 0 Å². The Morgan fingerprint density at radius 3 is 2.59 bits per heavy atom. The van der Waals surface area contributed by atoms with Gasteiger partial charge in [-0.2, -0.15) is 0 Å². The van der Waals surface area contributed by atoms with Gasteiger partial charge in [-0.05, 0) is 30.0 Å². The third-order valence-corrected chi connectivity index (χ3v) is 3.31. The summed E-state index contributed by atoms with van der Waals surface area (Å²) in [4.78, 5) is 7.84. The Morgan fingerprint density at radius 1 is 1.18 bits per heavy atom. The summed E-state index contributed by atoms with van der Waals surface area (Å²) in [7, 11) is 0. The lowest BCUT2D eigenvalue weighted by molar-refractivity contribution is 0.866. The van der Waals surface area contributed by atoms with Crippen LogP contribution in [0.25, 0.3) is 11.0 Å². The van der Waals surface area contributed by atoms with Gasteiger partial charge in [-0.1, -0.05) is 32.8 Å². The summed E-state index contributed by atoms with van der Waals surface area (Å²) >= 11 is 5.83. The third kappa shape index (κ3) is 2.47. The molecule has 0 amide bonds. The second-order valence-corrected chi connectivity index (χ2v) is 4.68. The molecule has 0 aliphatic carbocycles. The lowest BCUT2D eigenvalue weighted by atomic mass is 9.98. The average Bonchev–Trinajstić information content (AvgIpc) is 2.76. The fraction of sp³-hybridized carbons (Fsp3) is 0.500. The quantitative estimate of drug-likeness (QED) is 0.792. The third-order valence-electron chi connectivity index (χ3n) is 3.06. The normalized spacial score (nSPS) is 11.2. The molecule has 0 atom stereocenters. The molecule has 2 rings (SSSR count). The Balaban J connectivity index is 2.56. The fourth-order valence-corrected chi connectivity index (χ4v) is 2.46. The smallest absolute Gasteiger partial charge is 0.122 e. The van der Waals surface area contributed by atoms with Gasteiger partial charge in [-0.3, -0.25) is 0 Å². The van der Waals surface area contributed by atoms with Crippen molar-refractivity contribution < 1.29 is 0 Å². The number of aryl methyl sites for hydroxylation is 2. The molecule has 2 aromatic rings. The maximum Gasteiger partial charge on any atom is 0.122 e. The van der Waals surface area contributed by atoms with Crippen molar-refractivity contribution in [1.82, 2.24) is 9.97 Å². The number of nitrogens with one attached hydrogen (secondary N) is 1. The predicted molar refractivity (Wildman–Crippen MR) is 73.6 cm³/mol. The second-order valence-electron chi connectivity index (χ2n) is 4.41. The summed E-state index contributed by atoms with van der Waals surface area (Å²) in [6, 6.07) is 4.32. The number of H-pyrrole nitrogens is 1. The molecular formula is C14H19ClN2. The largest absolute Gasteiger partial charge is 0.341 e. The number of alkyl halides is 1. The van der Waals surface area contributed by atoms with Crippen molar-refractivity contribution >= 4 is 22.6 Å². The summed E-state index contributed by atoms with van der Waals surface area (Å²) in [5.41, 5.74) is 5.11. The lowest BCUT2D eigenvalue weighted by Gasteiger charge is -2.08. The Morgan fingerprint density at radius 2 is 1.94 bits per heavy atom. The van der Waals surface area contributed by atoms with Crippen LogP contribution >= 0.6 is 11.6 Å². The molecule has 0 unspecified atom stereocenters. The molecular weight excluding hydrogens is 232 g/mol. The molecule has 0 saturated heterocycles. The molecule has 0 radical (unpaired) electrons. The SMILES string of the molecule is CCCc1ccc2nc(CCl)[nH]c2c1CCC. The van der Waals surface area contributed by atoms with Crippen LogP contribution < -0.4 is 0 Å². The molecule has 2 nitrogen and oxygen atoms in total. The van der Waals surface area contributed by atoms with E-state index >= 15 is 0 Å². The van der Waals surface area contributed by atoms with E-state index in [-0.39, 0.29) is 0 Å². The zero-order chi connectivity index (χ0) is 12.3. The van der Waals surface area contributed by atoms with Crippen molar-refractivity contribution in [2.75, 3.05) is 0 Å². The minimum absolute atomic E-state index is 0.448. The Bertz CT molecular complexity index is 502. The molecule has 3 heteroatoms. The highest BCUT2D eigenvalue weighted by molar-refractivity contribution is 6.16. The summed E-state index contributed by atoms with van der Waals surface area (Å²) in [6.07, 6.45) is 4.58. The zero-order valence-electron chi connectivity index (χ0n) is 10.5. The lowest BCUT2D eigenvalue weighted by Crippen LogP contribution is -1.95. The van der Waals surface area contributed by atoms with Crippen LogP contribution in [0.4, 0.5) is 0 Å². The predicted octanol–water partition coefficient (Wildman–Crippen LogP) is 4.21. The van der Waals surface area contributed by atoms with Crippen molar-refractivity contribution in [2.24, 2.45) is 0 Å². The van der Waals surface area contributed by atoms with Gasteiger partial charge in [0, 0.05) is 0 Å². The van der Waals surface area contributed by atoms with Crippen LogP contribution in [0.3, 0.4) is 0 Å². The number of aromatic nitrogens is 2. The van der Waals surface area contributed by atoms with Crippen LogP contribution in [0.2, 0.25) is 0 Å². The van der Waals surface area contributed by atoms with E-state index in [9.17, 15) is 0 Å². The van der Waals surface area contributed by atoms with Gasteiger partial charge in [0.25, 0.3) is 0 Å². The number of hydrogen-bond donors (Lipinski definition) is 1. The van der Waals surface area contributed by atoms with Crippen LogP contribution in [-0.2, 0) is 18.7 Å². The summed E-state index contributed by atoms with van der Waals surface area (Å²) in [6.45, 7) is 4.43. The molecule has 1 aromatic carbocycles. The molecule has 0 saturated carbocycles. The number of rotatable bonds is 5. The van der Waals surface area contributed by atoms with Gasteiger partial charge in [0.2, 0.25) is 0 Å². The highest BCUT2D eigenvalue weighted by atomic mass is 35.5. The Kier molecular flexibility index (Phi) is 4.06. The molecule has 92 valence electrons. The number of fused-ring (bicyclic) bond motifs is 1. The minimum atomic E-state index is 0.448. The number of hydrogen-bond acceptors (Lipinski definition) is 1. The molecule has 1 heterocycles. The molecule has 1 aromatic heterocycles. The van der Waals surface area contributed by atoms with Crippen LogP contribution in [0.1, 0.15) is 43.6 Å². The van der Waals surface area contributed by atoms with Gasteiger partial charge in [-0.15, -0.1) is 11.6 Å². The van der Waals surface area contributed by atoms with Gasteiger partial charge in [0.15, 0.2) is 0 Å². The molecule has 0 aliphatic rings. The first-order valence-electron chi connectivity index (χ1n) is 6.35. The average molecular weight is 251 g/mol. The van der Waals surface area contributed by atoms with E-state index in [2.05, 4.69) is 35.9 Å². The van der Waals surface area contributed by atoms with Gasteiger partial charge in [0.1, 0.15) is 5.82 Å². The highest BCUT2D eigenvalue weighted by Gasteiger charge is 2.10. The van der Waals surface area contributed by atoms with E-state index in [0.29, 0.717) is 5.88 Å². The van der Waals surface area contributed by atoms with Crippen LogP contribution in [0.5, 0.6) is 0 Å². The number of benzene rings is 1. The molecule has 0 fully saturated rings. The van der Waals surface area contributed by atoms with Gasteiger partial charge in [0.05, 0.1) is 16.9 Å². The first-order chi connectivity index (χ1) is 8.30. The summed E-state index contributed by atoms with van der Waals surface area (Å²) in [5.74, 6) is 1.32. The summed E-state index contributed by atoms with van der Waals surface area (Å²) in [5, 5.41) is 0. The zero-order valence-corrected chi connectivity index (χ0v) is 11.3. The molecule has 0 spiro atoms. The van der Waals surface area contributed by atoms with Crippen LogP contribution in [0.15, 0.2) is 12.1 Å². The molecule has 0 aliphatic heterocycles. The first kappa shape index (κ1) is 12.4. The first-order valence-corrected chi connectivity index (χ1v) is 6.88. The van der Waals surface area contributed by atoms with Crippen molar-refractivity contribution in [3.63, 3.8) is 0 Å². The van der Waals surface area contributed by atoms with Crippen molar-refractivity contribution in [1.29, 1.82) is 0 Å². The maximum atomic E-state index is 5.83. The van der Waals surface area contributed by atoms with Gasteiger partial charge in [-0.25, -0.2) is 4.98 Å². The van der Waals surface area contributed by atoms with E-state index in [1.807, 2.05) is 0 Å². The van der Waals surface area contributed by atoms with E-state index in [1.165, 1.54) is 23.1 Å².